The fourth-order valence-corrected chi connectivity index (χ4v) is 7.29. The molecular weight excluding hydrogens is 425 g/mol. The first-order valence-corrected chi connectivity index (χ1v) is 15.9. The van der Waals surface area contributed by atoms with Crippen molar-refractivity contribution in [1.82, 2.24) is 15.0 Å². The summed E-state index contributed by atoms with van der Waals surface area (Å²) in [6.45, 7) is 11.0. The second kappa shape index (κ2) is 10.0. The average molecular weight is 458 g/mol. The summed E-state index contributed by atoms with van der Waals surface area (Å²) in [6.07, 6.45) is 0.510. The third-order valence-electron chi connectivity index (χ3n) is 5.00. The lowest BCUT2D eigenvalue weighted by Crippen LogP contribution is -2.42. The number of aromatic nitrogens is 3. The number of benzene rings is 2. The summed E-state index contributed by atoms with van der Waals surface area (Å²) in [5.41, 5.74) is 2.26. The standard InChI is InChI=1S/C23H32N3O3PSi/c1-6-28-30(27,29-7-2)21(18-19-14-10-8-11-15-19)22-23(31(3,4)5)24-25-26(22)20-16-12-9-13-17-20/h8-17,21H,6-7,18H2,1-5H3. The van der Waals surface area contributed by atoms with Crippen LogP contribution in [0.15, 0.2) is 60.7 Å². The lowest BCUT2D eigenvalue weighted by Gasteiger charge is -2.29. The van der Waals surface area contributed by atoms with Gasteiger partial charge in [0, 0.05) is 0 Å². The van der Waals surface area contributed by atoms with E-state index in [9.17, 15) is 4.57 Å². The van der Waals surface area contributed by atoms with Crippen molar-refractivity contribution < 1.29 is 13.6 Å². The van der Waals surface area contributed by atoms with Crippen LogP contribution in [0.1, 0.15) is 30.8 Å². The lowest BCUT2D eigenvalue weighted by molar-refractivity contribution is 0.211. The maximum atomic E-state index is 14.2. The summed E-state index contributed by atoms with van der Waals surface area (Å²) in [5.74, 6) is 0. The van der Waals surface area contributed by atoms with Gasteiger partial charge in [-0.25, -0.2) is 4.68 Å². The molecule has 0 aliphatic heterocycles. The minimum absolute atomic E-state index is 0.303. The smallest absolute Gasteiger partial charge is 0.308 e. The number of para-hydroxylation sites is 1. The zero-order chi connectivity index (χ0) is 22.5. The van der Waals surface area contributed by atoms with Gasteiger partial charge >= 0.3 is 7.60 Å². The molecule has 1 heterocycles. The maximum Gasteiger partial charge on any atom is 0.340 e. The molecule has 0 amide bonds. The lowest BCUT2D eigenvalue weighted by atomic mass is 10.1. The van der Waals surface area contributed by atoms with Gasteiger partial charge in [-0.1, -0.05) is 73.4 Å². The summed E-state index contributed by atoms with van der Waals surface area (Å²) < 4.78 is 27.7. The predicted octanol–water partition coefficient (Wildman–Crippen LogP) is 5.36. The van der Waals surface area contributed by atoms with E-state index in [4.69, 9.17) is 9.05 Å². The first-order chi connectivity index (χ1) is 14.8. The number of hydrogen-bond acceptors (Lipinski definition) is 5. The number of nitrogens with zero attached hydrogens (tertiary/aromatic N) is 3. The molecule has 1 unspecified atom stereocenters. The van der Waals surface area contributed by atoms with Gasteiger partial charge in [0.15, 0.2) is 0 Å². The molecule has 166 valence electrons. The second-order valence-electron chi connectivity index (χ2n) is 8.40. The fraction of sp³-hybridized carbons (Fsp3) is 0.391. The van der Waals surface area contributed by atoms with Crippen LogP contribution in [0.3, 0.4) is 0 Å². The van der Waals surface area contributed by atoms with E-state index in [-0.39, 0.29) is 0 Å². The van der Waals surface area contributed by atoms with Crippen LogP contribution in [0.5, 0.6) is 0 Å². The van der Waals surface area contributed by atoms with E-state index in [1.807, 2.05) is 79.2 Å². The van der Waals surface area contributed by atoms with E-state index in [0.717, 1.165) is 22.3 Å². The number of rotatable bonds is 10. The Bertz CT molecular complexity index is 1010. The summed E-state index contributed by atoms with van der Waals surface area (Å²) in [4.78, 5) is 0. The third-order valence-corrected chi connectivity index (χ3v) is 9.21. The topological polar surface area (TPSA) is 66.2 Å². The van der Waals surface area contributed by atoms with E-state index in [1.54, 1.807) is 0 Å². The van der Waals surface area contributed by atoms with E-state index in [1.165, 1.54) is 0 Å². The SMILES string of the molecule is CCOP(=O)(OCC)C(Cc1ccccc1)c1c([Si](C)(C)C)nnn1-c1ccccc1. The highest BCUT2D eigenvalue weighted by Crippen LogP contribution is 2.62. The van der Waals surface area contributed by atoms with Gasteiger partial charge in [0.2, 0.25) is 0 Å². The summed E-state index contributed by atoms with van der Waals surface area (Å²) in [7, 11) is -5.43. The first kappa shape index (κ1) is 23.6. The second-order valence-corrected chi connectivity index (χ2v) is 15.6. The molecule has 0 fully saturated rings. The van der Waals surface area contributed by atoms with Gasteiger partial charge in [0.25, 0.3) is 0 Å². The molecule has 0 radical (unpaired) electrons. The van der Waals surface area contributed by atoms with Gasteiger partial charge in [-0.15, -0.1) is 5.10 Å². The molecule has 0 aliphatic carbocycles. The predicted molar refractivity (Wildman–Crippen MR) is 128 cm³/mol. The van der Waals surface area contributed by atoms with Crippen LogP contribution < -0.4 is 5.32 Å². The molecule has 6 nitrogen and oxygen atoms in total. The van der Waals surface area contributed by atoms with Crippen molar-refractivity contribution in [3.05, 3.63) is 71.9 Å². The van der Waals surface area contributed by atoms with E-state index < -0.39 is 21.3 Å². The first-order valence-electron chi connectivity index (χ1n) is 10.7. The monoisotopic (exact) mass is 457 g/mol. The molecule has 0 saturated carbocycles. The minimum atomic E-state index is -3.51. The Hall–Kier alpha value is -2.05. The van der Waals surface area contributed by atoms with Crippen LogP contribution in [-0.2, 0) is 20.0 Å². The number of hydrogen-bond donors (Lipinski definition) is 0. The molecule has 3 aromatic rings. The van der Waals surface area contributed by atoms with Crippen LogP contribution in [0.25, 0.3) is 5.69 Å². The van der Waals surface area contributed by atoms with Gasteiger partial charge in [-0.2, -0.15) is 0 Å². The normalized spacial score (nSPS) is 13.3. The molecule has 3 rings (SSSR count). The van der Waals surface area contributed by atoms with Gasteiger partial charge in [-0.3, -0.25) is 4.57 Å². The van der Waals surface area contributed by atoms with Gasteiger partial charge in [0.1, 0.15) is 13.7 Å². The molecular formula is C23H32N3O3PSi. The molecule has 2 aromatic carbocycles. The van der Waals surface area contributed by atoms with Gasteiger partial charge < -0.3 is 9.05 Å². The third kappa shape index (κ3) is 5.41. The van der Waals surface area contributed by atoms with Gasteiger partial charge in [0.05, 0.1) is 29.9 Å². The summed E-state index contributed by atoms with van der Waals surface area (Å²) in [6, 6.07) is 19.9. The Morgan fingerprint density at radius 1 is 0.935 bits per heavy atom. The zero-order valence-corrected chi connectivity index (χ0v) is 20.9. The Morgan fingerprint density at radius 2 is 1.48 bits per heavy atom. The van der Waals surface area contributed by atoms with Crippen molar-refractivity contribution in [1.29, 1.82) is 0 Å². The molecule has 0 aliphatic rings. The minimum Gasteiger partial charge on any atom is -0.308 e. The molecule has 31 heavy (non-hydrogen) atoms. The van der Waals surface area contributed by atoms with Crippen molar-refractivity contribution in [2.45, 2.75) is 45.6 Å². The average Bonchev–Trinajstić information content (AvgIpc) is 3.19. The van der Waals surface area contributed by atoms with Crippen molar-refractivity contribution in [2.75, 3.05) is 13.2 Å². The Labute approximate surface area is 186 Å². The molecule has 0 bridgehead atoms. The van der Waals surface area contributed by atoms with Crippen LogP contribution in [0.2, 0.25) is 19.6 Å². The largest absolute Gasteiger partial charge is 0.340 e. The highest BCUT2D eigenvalue weighted by atomic mass is 31.2. The highest BCUT2D eigenvalue weighted by molar-refractivity contribution is 7.54. The molecule has 0 N–H and O–H groups in total. The van der Waals surface area contributed by atoms with Crippen LogP contribution >= 0.6 is 7.60 Å². The summed E-state index contributed by atoms with van der Waals surface area (Å²) in [5, 5.41) is 10.0. The van der Waals surface area contributed by atoms with Crippen molar-refractivity contribution in [3.8, 4) is 5.69 Å². The van der Waals surface area contributed by atoms with Crippen molar-refractivity contribution in [2.24, 2.45) is 0 Å². The zero-order valence-electron chi connectivity index (χ0n) is 19.0. The highest BCUT2D eigenvalue weighted by Gasteiger charge is 2.43. The van der Waals surface area contributed by atoms with Crippen molar-refractivity contribution in [3.63, 3.8) is 0 Å². The Kier molecular flexibility index (Phi) is 7.65. The molecule has 0 saturated heterocycles. The van der Waals surface area contributed by atoms with Crippen LogP contribution in [0.4, 0.5) is 0 Å². The molecule has 1 aromatic heterocycles. The Balaban J connectivity index is 2.26. The van der Waals surface area contributed by atoms with E-state index in [2.05, 4.69) is 30.0 Å². The van der Waals surface area contributed by atoms with E-state index in [0.29, 0.717) is 19.6 Å². The fourth-order valence-electron chi connectivity index (χ4n) is 3.65. The molecule has 1 atom stereocenters. The van der Waals surface area contributed by atoms with Crippen LogP contribution in [-0.4, -0.2) is 36.3 Å². The van der Waals surface area contributed by atoms with Crippen LogP contribution in [0, 0.1) is 0 Å². The Morgan fingerprint density at radius 3 is 2.00 bits per heavy atom. The summed E-state index contributed by atoms with van der Waals surface area (Å²) >= 11 is 0. The molecule has 0 spiro atoms. The maximum absolute atomic E-state index is 14.2. The quantitative estimate of drug-likeness (QED) is 0.303. The van der Waals surface area contributed by atoms with E-state index >= 15 is 0 Å². The van der Waals surface area contributed by atoms with Crippen molar-refractivity contribution >= 4 is 21.0 Å². The molecule has 8 heteroatoms. The van der Waals surface area contributed by atoms with Gasteiger partial charge in [-0.05, 0) is 38.0 Å².